The van der Waals surface area contributed by atoms with Crippen LogP contribution in [0.5, 0.6) is 0 Å². The Hall–Kier alpha value is -0.613. The molecule has 0 amide bonds. The van der Waals surface area contributed by atoms with Gasteiger partial charge in [0.05, 0.1) is 13.0 Å². The van der Waals surface area contributed by atoms with Gasteiger partial charge in [-0.3, -0.25) is 4.79 Å². The molecular formula is C16H32O3Si. The molecule has 0 aromatic rings. The fourth-order valence-electron chi connectivity index (χ4n) is 1.42. The zero-order valence-electron chi connectivity index (χ0n) is 14.3. The number of carbonyl (C=O) groups is 1. The highest BCUT2D eigenvalue weighted by Crippen LogP contribution is 2.36. The summed E-state index contributed by atoms with van der Waals surface area (Å²) in [7, 11) is -1.68. The molecule has 0 aliphatic carbocycles. The number of ether oxygens (including phenoxy) is 1. The SMILES string of the molecule is CCOC(=O)C/C=C/[C@@H](CC)CO[Si](C)(C)C(C)(C)C. The van der Waals surface area contributed by atoms with Crippen molar-refractivity contribution < 1.29 is 14.0 Å². The van der Waals surface area contributed by atoms with Gasteiger partial charge in [-0.1, -0.05) is 39.8 Å². The lowest BCUT2D eigenvalue weighted by Crippen LogP contribution is -2.41. The summed E-state index contributed by atoms with van der Waals surface area (Å²) in [5.41, 5.74) is 0. The van der Waals surface area contributed by atoms with Gasteiger partial charge in [0.2, 0.25) is 0 Å². The summed E-state index contributed by atoms with van der Waals surface area (Å²) in [6.45, 7) is 16.4. The molecule has 0 bridgehead atoms. The zero-order chi connectivity index (χ0) is 15.8. The third-order valence-corrected chi connectivity index (χ3v) is 8.49. The predicted molar refractivity (Wildman–Crippen MR) is 87.3 cm³/mol. The maximum absolute atomic E-state index is 11.3. The largest absolute Gasteiger partial charge is 0.466 e. The smallest absolute Gasteiger partial charge is 0.309 e. The average Bonchev–Trinajstić information content (AvgIpc) is 2.32. The first-order valence-electron chi connectivity index (χ1n) is 7.60. The Morgan fingerprint density at radius 3 is 2.30 bits per heavy atom. The molecule has 0 saturated heterocycles. The predicted octanol–water partition coefficient (Wildman–Crippen LogP) is 4.54. The molecule has 118 valence electrons. The van der Waals surface area contributed by atoms with Gasteiger partial charge in [-0.15, -0.1) is 0 Å². The molecule has 4 heteroatoms. The van der Waals surface area contributed by atoms with Crippen molar-refractivity contribution in [1.82, 2.24) is 0 Å². The van der Waals surface area contributed by atoms with Crippen LogP contribution < -0.4 is 0 Å². The van der Waals surface area contributed by atoms with Gasteiger partial charge in [-0.05, 0) is 37.4 Å². The molecule has 20 heavy (non-hydrogen) atoms. The molecule has 0 aliphatic rings. The number of hydrogen-bond acceptors (Lipinski definition) is 3. The molecule has 0 saturated carbocycles. The summed E-state index contributed by atoms with van der Waals surface area (Å²) in [6.07, 6.45) is 5.36. The summed E-state index contributed by atoms with van der Waals surface area (Å²) in [5, 5.41) is 0.236. The highest BCUT2D eigenvalue weighted by atomic mass is 28.4. The van der Waals surface area contributed by atoms with Crippen molar-refractivity contribution in [3.8, 4) is 0 Å². The normalized spacial score (nSPS) is 14.6. The topological polar surface area (TPSA) is 35.5 Å². The van der Waals surface area contributed by atoms with Crippen LogP contribution in [0.15, 0.2) is 12.2 Å². The monoisotopic (exact) mass is 300 g/mol. The summed E-state index contributed by atoms with van der Waals surface area (Å²) in [5.74, 6) is 0.211. The van der Waals surface area contributed by atoms with Crippen molar-refractivity contribution in [1.29, 1.82) is 0 Å². The van der Waals surface area contributed by atoms with Crippen LogP contribution in [0.25, 0.3) is 0 Å². The fraction of sp³-hybridized carbons (Fsp3) is 0.812. The molecule has 0 aromatic heterocycles. The Morgan fingerprint density at radius 2 is 1.85 bits per heavy atom. The van der Waals surface area contributed by atoms with Crippen LogP contribution in [0.3, 0.4) is 0 Å². The lowest BCUT2D eigenvalue weighted by molar-refractivity contribution is -0.142. The summed E-state index contributed by atoms with van der Waals surface area (Å²) in [4.78, 5) is 11.3. The third kappa shape index (κ3) is 7.24. The van der Waals surface area contributed by atoms with Gasteiger partial charge in [0.25, 0.3) is 0 Å². The van der Waals surface area contributed by atoms with E-state index >= 15 is 0 Å². The van der Waals surface area contributed by atoms with Gasteiger partial charge in [0, 0.05) is 6.61 Å². The number of rotatable bonds is 8. The maximum atomic E-state index is 11.3. The van der Waals surface area contributed by atoms with Crippen molar-refractivity contribution in [3.05, 3.63) is 12.2 Å². The van der Waals surface area contributed by atoms with Crippen LogP contribution in [0, 0.1) is 5.92 Å². The van der Waals surface area contributed by atoms with Gasteiger partial charge in [0.15, 0.2) is 8.32 Å². The second-order valence-electron chi connectivity index (χ2n) is 6.68. The van der Waals surface area contributed by atoms with E-state index in [-0.39, 0.29) is 11.0 Å². The van der Waals surface area contributed by atoms with Gasteiger partial charge >= 0.3 is 5.97 Å². The molecule has 1 atom stereocenters. The van der Waals surface area contributed by atoms with E-state index in [4.69, 9.17) is 9.16 Å². The van der Waals surface area contributed by atoms with Crippen molar-refractivity contribution in [2.75, 3.05) is 13.2 Å². The van der Waals surface area contributed by atoms with E-state index in [2.05, 4.69) is 46.9 Å². The second kappa shape index (κ2) is 8.62. The van der Waals surface area contributed by atoms with Crippen LogP contribution >= 0.6 is 0 Å². The molecule has 0 aromatic carbocycles. The Bertz CT molecular complexity index is 316. The van der Waals surface area contributed by atoms with Crippen LogP contribution in [-0.2, 0) is 14.0 Å². The van der Waals surface area contributed by atoms with E-state index < -0.39 is 8.32 Å². The zero-order valence-corrected chi connectivity index (χ0v) is 15.3. The molecule has 0 fully saturated rings. The van der Waals surface area contributed by atoms with E-state index in [0.717, 1.165) is 13.0 Å². The molecule has 0 aliphatic heterocycles. The van der Waals surface area contributed by atoms with E-state index in [9.17, 15) is 4.79 Å². The molecule has 0 rings (SSSR count). The third-order valence-electron chi connectivity index (χ3n) is 3.99. The van der Waals surface area contributed by atoms with Crippen molar-refractivity contribution in [2.24, 2.45) is 5.92 Å². The van der Waals surface area contributed by atoms with E-state index in [1.54, 1.807) is 0 Å². The molecule has 0 radical (unpaired) electrons. The Balaban J connectivity index is 4.30. The van der Waals surface area contributed by atoms with Crippen LogP contribution in [0.1, 0.15) is 47.5 Å². The fourth-order valence-corrected chi connectivity index (χ4v) is 2.48. The minimum atomic E-state index is -1.68. The lowest BCUT2D eigenvalue weighted by Gasteiger charge is -2.37. The van der Waals surface area contributed by atoms with Crippen molar-refractivity contribution in [2.45, 2.75) is 65.6 Å². The maximum Gasteiger partial charge on any atom is 0.309 e. The van der Waals surface area contributed by atoms with Crippen LogP contribution in [0.2, 0.25) is 18.1 Å². The van der Waals surface area contributed by atoms with E-state index in [1.165, 1.54) is 0 Å². The number of carbonyl (C=O) groups excluding carboxylic acids is 1. The Labute approximate surface area is 125 Å². The Kier molecular flexibility index (Phi) is 8.36. The van der Waals surface area contributed by atoms with Gasteiger partial charge < -0.3 is 9.16 Å². The summed E-state index contributed by atoms with van der Waals surface area (Å²) < 4.78 is 11.1. The molecule has 0 heterocycles. The van der Waals surface area contributed by atoms with Crippen LogP contribution in [0.4, 0.5) is 0 Å². The molecule has 0 unspecified atom stereocenters. The average molecular weight is 301 g/mol. The van der Waals surface area contributed by atoms with Gasteiger partial charge in [0.1, 0.15) is 0 Å². The van der Waals surface area contributed by atoms with Crippen LogP contribution in [-0.4, -0.2) is 27.5 Å². The van der Waals surface area contributed by atoms with Crippen molar-refractivity contribution in [3.63, 3.8) is 0 Å². The van der Waals surface area contributed by atoms with Crippen molar-refractivity contribution >= 4 is 14.3 Å². The molecule has 0 spiro atoms. The number of hydrogen-bond donors (Lipinski definition) is 0. The minimum absolute atomic E-state index is 0.163. The highest BCUT2D eigenvalue weighted by molar-refractivity contribution is 6.74. The second-order valence-corrected chi connectivity index (χ2v) is 11.5. The molecular weight excluding hydrogens is 268 g/mol. The first kappa shape index (κ1) is 19.4. The molecule has 3 nitrogen and oxygen atoms in total. The highest BCUT2D eigenvalue weighted by Gasteiger charge is 2.37. The quantitative estimate of drug-likeness (QED) is 0.375. The standard InChI is InChI=1S/C16H32O3Si/c1-8-14(11-10-12-15(17)18-9-2)13-19-20(6,7)16(3,4)5/h10-11,14H,8-9,12-13H2,1-7H3/b11-10+/t14-/m1/s1. The van der Waals surface area contributed by atoms with E-state index in [1.807, 2.05) is 13.0 Å². The van der Waals surface area contributed by atoms with Gasteiger partial charge in [-0.25, -0.2) is 0 Å². The van der Waals surface area contributed by atoms with Gasteiger partial charge in [-0.2, -0.15) is 0 Å². The number of esters is 1. The molecule has 0 N–H and O–H groups in total. The minimum Gasteiger partial charge on any atom is -0.466 e. The summed E-state index contributed by atoms with van der Waals surface area (Å²) >= 11 is 0. The first-order chi connectivity index (χ1) is 9.14. The summed E-state index contributed by atoms with van der Waals surface area (Å²) in [6, 6.07) is 0. The first-order valence-corrected chi connectivity index (χ1v) is 10.5. The Morgan fingerprint density at radius 1 is 1.25 bits per heavy atom. The lowest BCUT2D eigenvalue weighted by atomic mass is 10.1. The van der Waals surface area contributed by atoms with E-state index in [0.29, 0.717) is 18.9 Å².